The highest BCUT2D eigenvalue weighted by molar-refractivity contribution is 14.0. The molecule has 1 atom stereocenters. The lowest BCUT2D eigenvalue weighted by molar-refractivity contribution is 0.0200. The molecule has 0 aliphatic carbocycles. The summed E-state index contributed by atoms with van der Waals surface area (Å²) in [6.45, 7) is 4.21. The fraction of sp³-hybridized carbons (Fsp3) is 0.611. The number of benzene rings is 1. The highest BCUT2D eigenvalue weighted by Gasteiger charge is 2.17. The molecule has 1 fully saturated rings. The third kappa shape index (κ3) is 9.99. The fourth-order valence-electron chi connectivity index (χ4n) is 2.67. The smallest absolute Gasteiger partial charge is 0.213 e. The van der Waals surface area contributed by atoms with Crippen molar-refractivity contribution in [1.29, 1.82) is 0 Å². The van der Waals surface area contributed by atoms with Gasteiger partial charge in [0.15, 0.2) is 5.96 Å². The first-order valence-corrected chi connectivity index (χ1v) is 11.0. The molecular weight excluding hydrogens is 498 g/mol. The van der Waals surface area contributed by atoms with Crippen LogP contribution in [0.3, 0.4) is 0 Å². The standard InChI is InChI=1S/C18H29FN4O3S.HI/c1-2-20-18(22-13-15-6-8-16(19)9-7-15)21-10-12-27(24,25)23-14-17-5-3-4-11-26-17;/h6-9,17,23H,2-5,10-14H2,1H3,(H2,20,21,22);1H. The molecular formula is C18H30FIN4O3S. The van der Waals surface area contributed by atoms with Crippen LogP contribution in [0.15, 0.2) is 29.3 Å². The molecule has 1 saturated heterocycles. The molecule has 0 saturated carbocycles. The molecule has 1 aliphatic heterocycles. The zero-order valence-electron chi connectivity index (χ0n) is 16.1. The number of ether oxygens (including phenoxy) is 1. The van der Waals surface area contributed by atoms with Crippen molar-refractivity contribution >= 4 is 40.0 Å². The van der Waals surface area contributed by atoms with Crippen LogP contribution in [0.1, 0.15) is 31.7 Å². The fourth-order valence-corrected chi connectivity index (χ4v) is 3.62. The SMILES string of the molecule is CCNC(=NCc1ccc(F)cc1)NCCS(=O)(=O)NCC1CCCCO1.I. The maximum atomic E-state index is 12.9. The Morgan fingerprint density at radius 3 is 2.64 bits per heavy atom. The highest BCUT2D eigenvalue weighted by atomic mass is 127. The van der Waals surface area contributed by atoms with Gasteiger partial charge in [0.25, 0.3) is 0 Å². The Bertz CT molecular complexity index is 695. The molecule has 3 N–H and O–H groups in total. The number of guanidine groups is 1. The first-order valence-electron chi connectivity index (χ1n) is 9.34. The van der Waals surface area contributed by atoms with Gasteiger partial charge in [-0.3, -0.25) is 0 Å². The molecule has 1 unspecified atom stereocenters. The number of halogens is 2. The van der Waals surface area contributed by atoms with Gasteiger partial charge in [-0.2, -0.15) is 0 Å². The van der Waals surface area contributed by atoms with E-state index in [4.69, 9.17) is 4.74 Å². The van der Waals surface area contributed by atoms with Crippen LogP contribution in [-0.4, -0.2) is 52.5 Å². The van der Waals surface area contributed by atoms with E-state index < -0.39 is 10.0 Å². The van der Waals surface area contributed by atoms with E-state index in [1.54, 1.807) is 12.1 Å². The van der Waals surface area contributed by atoms with E-state index in [1.807, 2.05) is 6.92 Å². The van der Waals surface area contributed by atoms with Crippen LogP contribution in [-0.2, 0) is 21.3 Å². The molecule has 28 heavy (non-hydrogen) atoms. The number of hydrogen-bond donors (Lipinski definition) is 3. The maximum absolute atomic E-state index is 12.9. The van der Waals surface area contributed by atoms with Gasteiger partial charge in [-0.25, -0.2) is 22.5 Å². The Balaban J connectivity index is 0.00000392. The van der Waals surface area contributed by atoms with Gasteiger partial charge in [0.05, 0.1) is 18.4 Å². The molecule has 0 aromatic heterocycles. The molecule has 0 bridgehead atoms. The van der Waals surface area contributed by atoms with Crippen molar-refractivity contribution in [3.05, 3.63) is 35.6 Å². The Labute approximate surface area is 184 Å². The van der Waals surface area contributed by atoms with Crippen molar-refractivity contribution < 1.29 is 17.5 Å². The predicted molar refractivity (Wildman–Crippen MR) is 120 cm³/mol. The van der Waals surface area contributed by atoms with Gasteiger partial charge in [-0.05, 0) is 43.9 Å². The van der Waals surface area contributed by atoms with E-state index in [0.29, 0.717) is 32.2 Å². The van der Waals surface area contributed by atoms with Crippen LogP contribution in [0.2, 0.25) is 0 Å². The van der Waals surface area contributed by atoms with E-state index in [1.165, 1.54) is 12.1 Å². The topological polar surface area (TPSA) is 91.8 Å². The summed E-state index contributed by atoms with van der Waals surface area (Å²) in [6, 6.07) is 6.12. The van der Waals surface area contributed by atoms with Gasteiger partial charge in [-0.15, -0.1) is 24.0 Å². The third-order valence-electron chi connectivity index (χ3n) is 4.15. The van der Waals surface area contributed by atoms with Gasteiger partial charge in [0, 0.05) is 26.2 Å². The number of aliphatic imine (C=N–C) groups is 1. The van der Waals surface area contributed by atoms with Crippen LogP contribution in [0.4, 0.5) is 4.39 Å². The normalized spacial score (nSPS) is 17.6. The zero-order chi connectivity index (χ0) is 19.5. The molecule has 1 aromatic rings. The molecule has 1 aromatic carbocycles. The highest BCUT2D eigenvalue weighted by Crippen LogP contribution is 2.11. The van der Waals surface area contributed by atoms with Gasteiger partial charge in [-0.1, -0.05) is 12.1 Å². The average molecular weight is 528 g/mol. The summed E-state index contributed by atoms with van der Waals surface area (Å²) >= 11 is 0. The van der Waals surface area contributed by atoms with Crippen LogP contribution in [0.5, 0.6) is 0 Å². The van der Waals surface area contributed by atoms with Crippen molar-refractivity contribution in [3.8, 4) is 0 Å². The minimum atomic E-state index is -3.38. The molecule has 0 spiro atoms. The molecule has 7 nitrogen and oxygen atoms in total. The van der Waals surface area contributed by atoms with Gasteiger partial charge in [0.2, 0.25) is 10.0 Å². The maximum Gasteiger partial charge on any atom is 0.213 e. The van der Waals surface area contributed by atoms with Crippen LogP contribution in [0.25, 0.3) is 0 Å². The Morgan fingerprint density at radius 2 is 2.00 bits per heavy atom. The van der Waals surface area contributed by atoms with Crippen molar-refractivity contribution in [1.82, 2.24) is 15.4 Å². The molecule has 160 valence electrons. The monoisotopic (exact) mass is 528 g/mol. The third-order valence-corrected chi connectivity index (χ3v) is 5.49. The number of hydrogen-bond acceptors (Lipinski definition) is 4. The van der Waals surface area contributed by atoms with Crippen molar-refractivity contribution in [2.75, 3.05) is 32.0 Å². The van der Waals surface area contributed by atoms with E-state index >= 15 is 0 Å². The second-order valence-corrected chi connectivity index (χ2v) is 8.33. The van der Waals surface area contributed by atoms with E-state index in [0.717, 1.165) is 24.8 Å². The van der Waals surface area contributed by atoms with Crippen molar-refractivity contribution in [2.24, 2.45) is 4.99 Å². The van der Waals surface area contributed by atoms with E-state index in [-0.39, 0.29) is 48.2 Å². The Hall–Kier alpha value is -0.980. The molecule has 10 heteroatoms. The molecule has 1 aliphatic rings. The quantitative estimate of drug-likeness (QED) is 0.259. The minimum Gasteiger partial charge on any atom is -0.377 e. The summed E-state index contributed by atoms with van der Waals surface area (Å²) in [6.07, 6.45) is 2.97. The second kappa shape index (κ2) is 13.3. The second-order valence-electron chi connectivity index (χ2n) is 6.40. The van der Waals surface area contributed by atoms with Gasteiger partial charge < -0.3 is 15.4 Å². The lowest BCUT2D eigenvalue weighted by Gasteiger charge is -2.22. The lowest BCUT2D eigenvalue weighted by atomic mass is 10.1. The zero-order valence-corrected chi connectivity index (χ0v) is 19.3. The number of rotatable bonds is 9. The van der Waals surface area contributed by atoms with Crippen molar-refractivity contribution in [3.63, 3.8) is 0 Å². The molecule has 1 heterocycles. The summed E-state index contributed by atoms with van der Waals surface area (Å²) in [7, 11) is -3.38. The van der Waals surface area contributed by atoms with Crippen LogP contribution >= 0.6 is 24.0 Å². The van der Waals surface area contributed by atoms with E-state index in [9.17, 15) is 12.8 Å². The Kier molecular flexibility index (Phi) is 11.9. The lowest BCUT2D eigenvalue weighted by Crippen LogP contribution is -2.42. The van der Waals surface area contributed by atoms with E-state index in [2.05, 4.69) is 20.3 Å². The van der Waals surface area contributed by atoms with Crippen LogP contribution in [0, 0.1) is 5.82 Å². The number of nitrogens with zero attached hydrogens (tertiary/aromatic N) is 1. The summed E-state index contributed by atoms with van der Waals surface area (Å²) in [5.41, 5.74) is 0.871. The Morgan fingerprint density at radius 1 is 1.25 bits per heavy atom. The first-order chi connectivity index (χ1) is 13.0. The summed E-state index contributed by atoms with van der Waals surface area (Å²) in [4.78, 5) is 4.39. The minimum absolute atomic E-state index is 0. The first kappa shape index (κ1) is 25.1. The van der Waals surface area contributed by atoms with Crippen molar-refractivity contribution in [2.45, 2.75) is 38.8 Å². The summed E-state index contributed by atoms with van der Waals surface area (Å²) < 4.78 is 45.3. The number of sulfonamides is 1. The van der Waals surface area contributed by atoms with Gasteiger partial charge in [0.1, 0.15) is 5.82 Å². The summed E-state index contributed by atoms with van der Waals surface area (Å²) in [5, 5.41) is 6.07. The largest absolute Gasteiger partial charge is 0.377 e. The molecule has 2 rings (SSSR count). The van der Waals surface area contributed by atoms with Crippen LogP contribution < -0.4 is 15.4 Å². The summed E-state index contributed by atoms with van der Waals surface area (Å²) in [5.74, 6) is 0.178. The average Bonchev–Trinajstić information content (AvgIpc) is 2.66. The molecule has 0 radical (unpaired) electrons. The number of nitrogens with one attached hydrogen (secondary N) is 3. The molecule has 0 amide bonds. The van der Waals surface area contributed by atoms with Gasteiger partial charge >= 0.3 is 0 Å². The predicted octanol–water partition coefficient (Wildman–Crippen LogP) is 1.99.